The molecule has 0 heterocycles. The molecule has 0 saturated carbocycles. The minimum Gasteiger partial charge on any atom is -0.462 e. The first kappa shape index (κ1) is 96.1. The van der Waals surface area contributed by atoms with Crippen LogP contribution in [-0.2, 0) is 65.4 Å². The Hall–Kier alpha value is -1.94. The van der Waals surface area contributed by atoms with E-state index in [4.69, 9.17) is 37.0 Å². The van der Waals surface area contributed by atoms with Gasteiger partial charge in [0.05, 0.1) is 26.4 Å². The molecule has 98 heavy (non-hydrogen) atoms. The molecular weight excluding hydrogens is 1280 g/mol. The van der Waals surface area contributed by atoms with Crippen LogP contribution in [0.15, 0.2) is 0 Å². The van der Waals surface area contributed by atoms with E-state index in [9.17, 15) is 43.2 Å². The molecule has 0 aromatic heterocycles. The lowest BCUT2D eigenvalue weighted by Crippen LogP contribution is -2.30. The van der Waals surface area contributed by atoms with Crippen molar-refractivity contribution in [2.45, 2.75) is 420 Å². The summed E-state index contributed by atoms with van der Waals surface area (Å²) in [7, 11) is -9.92. The number of aliphatic hydroxyl groups is 1. The van der Waals surface area contributed by atoms with Gasteiger partial charge in [-0.3, -0.25) is 37.3 Å². The van der Waals surface area contributed by atoms with Crippen LogP contribution in [0.4, 0.5) is 0 Å². The maximum Gasteiger partial charge on any atom is 0.472 e. The molecule has 0 aliphatic rings. The molecule has 0 aromatic carbocycles. The van der Waals surface area contributed by atoms with Gasteiger partial charge in [0.15, 0.2) is 12.2 Å². The Kier molecular flexibility index (Phi) is 66.8. The van der Waals surface area contributed by atoms with Crippen LogP contribution in [0.25, 0.3) is 0 Å². The number of aliphatic hydroxyl groups excluding tert-OH is 1. The molecule has 0 bridgehead atoms. The molecule has 4 unspecified atom stereocenters. The molecular formula is C79H154O17P2. The smallest absolute Gasteiger partial charge is 0.462 e. The summed E-state index contributed by atoms with van der Waals surface area (Å²) in [6, 6.07) is 0. The molecule has 19 heteroatoms. The standard InChI is InChI=1S/C79H154O17P2/c1-9-72(8)58-50-42-34-26-20-14-10-11-15-21-28-36-45-53-61-78(83)95-74(65-89-76(81)59-51-43-35-27-23-17-19-25-32-40-48-56-70(4)5)67-93-97(85,86)91-63-73(80)64-92-98(87,88)94-68-75(66-90-77(82)60-52-44-38-30-33-41-49-57-71(6)7)96-79(84)62-54-46-37-29-22-16-12-13-18-24-31-39-47-55-69(2)3/h69-75,80H,9-68H2,1-8H3,(H,85,86)(H,87,88)/t72?,73?,74-,75-/m1/s1. The van der Waals surface area contributed by atoms with Crippen LogP contribution in [-0.4, -0.2) is 96.7 Å². The number of hydrogen-bond acceptors (Lipinski definition) is 15. The van der Waals surface area contributed by atoms with Crippen LogP contribution in [0.3, 0.4) is 0 Å². The van der Waals surface area contributed by atoms with Gasteiger partial charge in [-0.1, -0.05) is 351 Å². The SMILES string of the molecule is CCC(C)CCCCCCCCCCCCCCCCC(=O)O[C@H](COC(=O)CCCCCCCCCCCCCC(C)C)COP(=O)(O)OCC(O)COP(=O)(O)OC[C@@H](COC(=O)CCCCCCCCCC(C)C)OC(=O)CCCCCCCCCCCCCCCC(C)C. The van der Waals surface area contributed by atoms with Crippen molar-refractivity contribution < 1.29 is 80.2 Å². The fourth-order valence-electron chi connectivity index (χ4n) is 12.0. The highest BCUT2D eigenvalue weighted by atomic mass is 31.2. The molecule has 17 nitrogen and oxygen atoms in total. The zero-order valence-corrected chi connectivity index (χ0v) is 66.2. The van der Waals surface area contributed by atoms with Gasteiger partial charge in [-0.15, -0.1) is 0 Å². The zero-order valence-electron chi connectivity index (χ0n) is 64.4. The minimum atomic E-state index is -4.96. The lowest BCUT2D eigenvalue weighted by molar-refractivity contribution is -0.161. The van der Waals surface area contributed by atoms with Crippen molar-refractivity contribution >= 4 is 39.5 Å². The van der Waals surface area contributed by atoms with Crippen molar-refractivity contribution in [2.75, 3.05) is 39.6 Å². The van der Waals surface area contributed by atoms with Crippen LogP contribution in [0.5, 0.6) is 0 Å². The van der Waals surface area contributed by atoms with Gasteiger partial charge in [0.25, 0.3) is 0 Å². The Morgan fingerprint density at radius 1 is 0.286 bits per heavy atom. The minimum absolute atomic E-state index is 0.106. The molecule has 0 spiro atoms. The van der Waals surface area contributed by atoms with Crippen molar-refractivity contribution in [3.05, 3.63) is 0 Å². The monoisotopic (exact) mass is 1440 g/mol. The average molecular weight is 1440 g/mol. The maximum absolute atomic E-state index is 13.1. The molecule has 0 aromatic rings. The normalized spacial score (nSPS) is 14.3. The zero-order chi connectivity index (χ0) is 72.4. The largest absolute Gasteiger partial charge is 0.472 e. The summed E-state index contributed by atoms with van der Waals surface area (Å²) in [4.78, 5) is 72.9. The molecule has 3 N–H and O–H groups in total. The average Bonchev–Trinajstić information content (AvgIpc) is 1.18. The lowest BCUT2D eigenvalue weighted by Gasteiger charge is -2.21. The van der Waals surface area contributed by atoms with E-state index in [2.05, 4.69) is 55.4 Å². The van der Waals surface area contributed by atoms with E-state index in [1.165, 1.54) is 199 Å². The van der Waals surface area contributed by atoms with Gasteiger partial charge in [0.2, 0.25) is 0 Å². The maximum atomic E-state index is 13.1. The number of phosphoric ester groups is 2. The number of hydrogen-bond donors (Lipinski definition) is 3. The predicted octanol–water partition coefficient (Wildman–Crippen LogP) is 23.2. The van der Waals surface area contributed by atoms with Crippen molar-refractivity contribution in [1.82, 2.24) is 0 Å². The Bertz CT molecular complexity index is 1920. The fourth-order valence-corrected chi connectivity index (χ4v) is 13.6. The lowest BCUT2D eigenvalue weighted by atomic mass is 9.99. The van der Waals surface area contributed by atoms with Gasteiger partial charge < -0.3 is 33.8 Å². The van der Waals surface area contributed by atoms with Gasteiger partial charge in [-0.2, -0.15) is 0 Å². The highest BCUT2D eigenvalue weighted by molar-refractivity contribution is 7.47. The van der Waals surface area contributed by atoms with E-state index in [-0.39, 0.29) is 25.7 Å². The van der Waals surface area contributed by atoms with Crippen molar-refractivity contribution in [2.24, 2.45) is 23.7 Å². The molecule has 0 radical (unpaired) electrons. The third kappa shape index (κ3) is 71.1. The number of ether oxygens (including phenoxy) is 4. The fraction of sp³-hybridized carbons (Fsp3) is 0.949. The Morgan fingerprint density at radius 3 is 0.724 bits per heavy atom. The number of unbranched alkanes of at least 4 members (excludes halogenated alkanes) is 41. The first-order valence-corrected chi connectivity index (χ1v) is 43.7. The number of carbonyl (C=O) groups is 4. The second kappa shape index (κ2) is 68.2. The molecule has 0 aliphatic carbocycles. The first-order chi connectivity index (χ1) is 47.1. The predicted molar refractivity (Wildman–Crippen MR) is 400 cm³/mol. The summed E-state index contributed by atoms with van der Waals surface area (Å²) in [5.74, 6) is 0.992. The van der Waals surface area contributed by atoms with Gasteiger partial charge in [0.1, 0.15) is 19.3 Å². The van der Waals surface area contributed by atoms with E-state index >= 15 is 0 Å². The Balaban J connectivity index is 5.25. The topological polar surface area (TPSA) is 237 Å². The van der Waals surface area contributed by atoms with E-state index in [1.807, 2.05) is 0 Å². The van der Waals surface area contributed by atoms with E-state index in [1.54, 1.807) is 0 Å². The second-order valence-electron chi connectivity index (χ2n) is 30.1. The van der Waals surface area contributed by atoms with Gasteiger partial charge in [-0.05, 0) is 49.4 Å². The molecule has 6 atom stereocenters. The van der Waals surface area contributed by atoms with Crippen molar-refractivity contribution in [3.8, 4) is 0 Å². The summed E-state index contributed by atoms with van der Waals surface area (Å²) < 4.78 is 68.6. The Labute approximate surface area is 600 Å². The quantitative estimate of drug-likeness (QED) is 0.0222. The highest BCUT2D eigenvalue weighted by Crippen LogP contribution is 2.45. The summed E-state index contributed by atoms with van der Waals surface area (Å²) >= 11 is 0. The highest BCUT2D eigenvalue weighted by Gasteiger charge is 2.30. The van der Waals surface area contributed by atoms with Gasteiger partial charge in [-0.25, -0.2) is 9.13 Å². The first-order valence-electron chi connectivity index (χ1n) is 40.7. The summed E-state index contributed by atoms with van der Waals surface area (Å²) in [6.07, 6.45) is 54.1. The molecule has 0 amide bonds. The molecule has 0 aliphatic heterocycles. The second-order valence-corrected chi connectivity index (χ2v) is 33.0. The van der Waals surface area contributed by atoms with E-state index in [0.29, 0.717) is 31.6 Å². The van der Waals surface area contributed by atoms with Crippen LogP contribution in [0.1, 0.15) is 402 Å². The van der Waals surface area contributed by atoms with Gasteiger partial charge >= 0.3 is 39.5 Å². The molecule has 582 valence electrons. The summed E-state index contributed by atoms with van der Waals surface area (Å²) in [6.45, 7) is 14.2. The van der Waals surface area contributed by atoms with Crippen molar-refractivity contribution in [1.29, 1.82) is 0 Å². The summed E-state index contributed by atoms with van der Waals surface area (Å²) in [5.41, 5.74) is 0. The summed E-state index contributed by atoms with van der Waals surface area (Å²) in [5, 5.41) is 10.6. The Morgan fingerprint density at radius 2 is 0.490 bits per heavy atom. The molecule has 0 rings (SSSR count). The number of phosphoric acid groups is 2. The number of esters is 4. The number of carbonyl (C=O) groups excluding carboxylic acids is 4. The van der Waals surface area contributed by atoms with Crippen LogP contribution in [0, 0.1) is 23.7 Å². The third-order valence-corrected chi connectivity index (χ3v) is 20.6. The molecule has 0 fully saturated rings. The molecule has 0 saturated heterocycles. The van der Waals surface area contributed by atoms with Crippen LogP contribution in [0.2, 0.25) is 0 Å². The van der Waals surface area contributed by atoms with Crippen molar-refractivity contribution in [3.63, 3.8) is 0 Å². The van der Waals surface area contributed by atoms with Gasteiger partial charge in [0, 0.05) is 25.7 Å². The third-order valence-electron chi connectivity index (χ3n) is 18.7. The van der Waals surface area contributed by atoms with E-state index < -0.39 is 97.5 Å². The van der Waals surface area contributed by atoms with Crippen LogP contribution >= 0.6 is 15.6 Å². The number of rotatable bonds is 76. The van der Waals surface area contributed by atoms with E-state index in [0.717, 1.165) is 114 Å². The van der Waals surface area contributed by atoms with Crippen LogP contribution < -0.4 is 0 Å².